The third kappa shape index (κ3) is 8.41. The van der Waals surface area contributed by atoms with Gasteiger partial charge in [0, 0.05) is 6.54 Å². The second-order valence-corrected chi connectivity index (χ2v) is 3.72. The smallest absolute Gasteiger partial charge is 0.323 e. The van der Waals surface area contributed by atoms with E-state index in [1.807, 2.05) is 6.92 Å². The van der Waals surface area contributed by atoms with Crippen LogP contribution in [-0.2, 0) is 14.4 Å². The Hall–Kier alpha value is -2.32. The van der Waals surface area contributed by atoms with Crippen LogP contribution < -0.4 is 16.4 Å². The van der Waals surface area contributed by atoms with Crippen LogP contribution in [0.4, 0.5) is 4.79 Å². The molecule has 0 aliphatic heterocycles. The number of carbonyl (C=O) groups excluding carboxylic acids is 3. The van der Waals surface area contributed by atoms with Crippen molar-refractivity contribution in [3.8, 4) is 0 Å². The number of aliphatic carboxylic acids is 1. The molecule has 4 amide bonds. The average Bonchev–Trinajstić information content (AvgIpc) is 2.31. The van der Waals surface area contributed by atoms with E-state index in [0.717, 1.165) is 6.42 Å². The molecule has 9 nitrogen and oxygen atoms in total. The van der Waals surface area contributed by atoms with Crippen molar-refractivity contribution in [3.63, 3.8) is 0 Å². The first-order valence-corrected chi connectivity index (χ1v) is 5.66. The van der Waals surface area contributed by atoms with Crippen molar-refractivity contribution in [2.24, 2.45) is 5.73 Å². The van der Waals surface area contributed by atoms with E-state index < -0.39 is 36.9 Å². The predicted octanol–water partition coefficient (Wildman–Crippen LogP) is -1.91. The highest BCUT2D eigenvalue weighted by Gasteiger charge is 2.19. The molecule has 0 rings (SSSR count). The van der Waals surface area contributed by atoms with Crippen LogP contribution in [-0.4, -0.2) is 60.0 Å². The summed E-state index contributed by atoms with van der Waals surface area (Å²) in [6.07, 6.45) is 0.756. The molecular formula is C10H18N4O5. The van der Waals surface area contributed by atoms with E-state index in [4.69, 9.17) is 10.8 Å². The highest BCUT2D eigenvalue weighted by molar-refractivity contribution is 5.88. The Balaban J connectivity index is 4.27. The summed E-state index contributed by atoms with van der Waals surface area (Å²) in [6.45, 7) is 0.850. The fourth-order valence-electron chi connectivity index (χ4n) is 1.15. The maximum absolute atomic E-state index is 11.6. The molecule has 9 heteroatoms. The molecule has 0 unspecified atom stereocenters. The number of carbonyl (C=O) groups is 4. The minimum Gasteiger partial charge on any atom is -0.480 e. The Kier molecular flexibility index (Phi) is 7.66. The molecule has 0 bridgehead atoms. The van der Waals surface area contributed by atoms with E-state index in [9.17, 15) is 19.2 Å². The zero-order valence-corrected chi connectivity index (χ0v) is 10.6. The fourth-order valence-corrected chi connectivity index (χ4v) is 1.15. The lowest BCUT2D eigenvalue weighted by Gasteiger charge is -2.19. The van der Waals surface area contributed by atoms with Gasteiger partial charge in [-0.3, -0.25) is 14.4 Å². The number of rotatable bonds is 8. The van der Waals surface area contributed by atoms with Gasteiger partial charge in [0.2, 0.25) is 11.8 Å². The van der Waals surface area contributed by atoms with Crippen LogP contribution in [0.2, 0.25) is 0 Å². The van der Waals surface area contributed by atoms with Crippen LogP contribution in [0.15, 0.2) is 0 Å². The largest absolute Gasteiger partial charge is 0.480 e. The summed E-state index contributed by atoms with van der Waals surface area (Å²) < 4.78 is 0. The highest BCUT2D eigenvalue weighted by Crippen LogP contribution is 1.89. The molecule has 0 aliphatic carbocycles. The SMILES string of the molecule is CCCNC(=O)CNC(=O)N(CC(N)=O)CC(=O)O. The molecule has 0 fully saturated rings. The molecule has 0 saturated heterocycles. The second kappa shape index (κ2) is 8.72. The molecule has 108 valence electrons. The zero-order valence-electron chi connectivity index (χ0n) is 10.6. The van der Waals surface area contributed by atoms with Gasteiger partial charge in [0.25, 0.3) is 0 Å². The molecular weight excluding hydrogens is 256 g/mol. The normalized spacial score (nSPS) is 9.53. The van der Waals surface area contributed by atoms with E-state index in [0.29, 0.717) is 11.4 Å². The number of carboxylic acid groups (broad SMARTS) is 1. The quantitative estimate of drug-likeness (QED) is 0.408. The summed E-state index contributed by atoms with van der Waals surface area (Å²) in [7, 11) is 0. The van der Waals surface area contributed by atoms with Gasteiger partial charge < -0.3 is 26.4 Å². The first-order chi connectivity index (χ1) is 8.86. The van der Waals surface area contributed by atoms with Crippen molar-refractivity contribution in [2.45, 2.75) is 13.3 Å². The van der Waals surface area contributed by atoms with E-state index in [2.05, 4.69) is 10.6 Å². The molecule has 5 N–H and O–H groups in total. The van der Waals surface area contributed by atoms with Gasteiger partial charge in [-0.1, -0.05) is 6.92 Å². The summed E-state index contributed by atoms with van der Waals surface area (Å²) in [5.41, 5.74) is 4.90. The lowest BCUT2D eigenvalue weighted by Crippen LogP contribution is -2.49. The highest BCUT2D eigenvalue weighted by atomic mass is 16.4. The molecule has 0 aliphatic rings. The van der Waals surface area contributed by atoms with Gasteiger partial charge >= 0.3 is 12.0 Å². The van der Waals surface area contributed by atoms with Gasteiger partial charge in [-0.15, -0.1) is 0 Å². The number of nitrogens with two attached hydrogens (primary N) is 1. The van der Waals surface area contributed by atoms with Crippen molar-refractivity contribution in [2.75, 3.05) is 26.2 Å². The van der Waals surface area contributed by atoms with Crippen LogP contribution >= 0.6 is 0 Å². The molecule has 0 heterocycles. The van der Waals surface area contributed by atoms with Gasteiger partial charge in [-0.2, -0.15) is 0 Å². The average molecular weight is 274 g/mol. The van der Waals surface area contributed by atoms with Crippen LogP contribution in [0, 0.1) is 0 Å². The maximum Gasteiger partial charge on any atom is 0.323 e. The van der Waals surface area contributed by atoms with Crippen molar-refractivity contribution >= 4 is 23.8 Å². The Morgan fingerprint density at radius 2 is 1.79 bits per heavy atom. The Morgan fingerprint density at radius 3 is 2.26 bits per heavy atom. The van der Waals surface area contributed by atoms with Crippen LogP contribution in [0.25, 0.3) is 0 Å². The summed E-state index contributed by atoms with van der Waals surface area (Å²) in [5.74, 6) is -2.52. The van der Waals surface area contributed by atoms with Crippen molar-refractivity contribution in [1.29, 1.82) is 0 Å². The number of hydrogen-bond donors (Lipinski definition) is 4. The number of nitrogens with zero attached hydrogens (tertiary/aromatic N) is 1. The molecule has 0 aromatic heterocycles. The summed E-state index contributed by atoms with van der Waals surface area (Å²) in [6, 6.07) is -0.840. The number of carboxylic acids is 1. The molecule has 0 aromatic carbocycles. The fraction of sp³-hybridized carbons (Fsp3) is 0.600. The lowest BCUT2D eigenvalue weighted by molar-refractivity contribution is -0.137. The Labute approximate surface area is 110 Å². The maximum atomic E-state index is 11.6. The number of urea groups is 1. The molecule has 0 spiro atoms. The van der Waals surface area contributed by atoms with E-state index in [1.165, 1.54) is 0 Å². The Morgan fingerprint density at radius 1 is 1.16 bits per heavy atom. The number of primary amides is 1. The van der Waals surface area contributed by atoms with Crippen molar-refractivity contribution in [1.82, 2.24) is 15.5 Å². The molecule has 0 radical (unpaired) electrons. The minimum absolute atomic E-state index is 0.298. The van der Waals surface area contributed by atoms with Gasteiger partial charge in [-0.05, 0) is 6.42 Å². The topological polar surface area (TPSA) is 142 Å². The third-order valence-corrected chi connectivity index (χ3v) is 1.93. The molecule has 0 saturated carbocycles. The van der Waals surface area contributed by atoms with Crippen LogP contribution in [0.1, 0.15) is 13.3 Å². The standard InChI is InChI=1S/C10H18N4O5/c1-2-3-12-8(16)4-13-10(19)14(5-7(11)15)6-9(17)18/h2-6H2,1H3,(H2,11,15)(H,12,16)(H,13,19)(H,17,18). The van der Waals surface area contributed by atoms with E-state index in [1.54, 1.807) is 0 Å². The second-order valence-electron chi connectivity index (χ2n) is 3.72. The van der Waals surface area contributed by atoms with Crippen molar-refractivity contribution < 1.29 is 24.3 Å². The molecule has 0 aromatic rings. The first kappa shape index (κ1) is 16.7. The molecule has 19 heavy (non-hydrogen) atoms. The van der Waals surface area contributed by atoms with Crippen LogP contribution in [0.3, 0.4) is 0 Å². The van der Waals surface area contributed by atoms with Gasteiger partial charge in [-0.25, -0.2) is 4.79 Å². The minimum atomic E-state index is -1.29. The zero-order chi connectivity index (χ0) is 14.8. The summed E-state index contributed by atoms with van der Waals surface area (Å²) in [5, 5.41) is 13.3. The number of nitrogens with one attached hydrogen (secondary N) is 2. The van der Waals surface area contributed by atoms with Crippen molar-refractivity contribution in [3.05, 3.63) is 0 Å². The number of amides is 4. The predicted molar refractivity (Wildman–Crippen MR) is 65.1 cm³/mol. The number of hydrogen-bond acceptors (Lipinski definition) is 4. The van der Waals surface area contributed by atoms with Gasteiger partial charge in [0.05, 0.1) is 6.54 Å². The third-order valence-electron chi connectivity index (χ3n) is 1.93. The van der Waals surface area contributed by atoms with Gasteiger partial charge in [0.1, 0.15) is 13.1 Å². The summed E-state index contributed by atoms with van der Waals surface area (Å²) >= 11 is 0. The van der Waals surface area contributed by atoms with Gasteiger partial charge in [0.15, 0.2) is 0 Å². The van der Waals surface area contributed by atoms with Crippen LogP contribution in [0.5, 0.6) is 0 Å². The first-order valence-electron chi connectivity index (χ1n) is 5.66. The molecule has 0 atom stereocenters. The Bertz CT molecular complexity index is 342. The summed E-state index contributed by atoms with van der Waals surface area (Å²) in [4.78, 5) is 44.7. The monoisotopic (exact) mass is 274 g/mol. The lowest BCUT2D eigenvalue weighted by atomic mass is 10.4. The van der Waals surface area contributed by atoms with E-state index >= 15 is 0 Å². The van der Waals surface area contributed by atoms with E-state index in [-0.39, 0.29) is 6.54 Å².